The van der Waals surface area contributed by atoms with Crippen LogP contribution in [0.2, 0.25) is 0 Å². The predicted octanol–water partition coefficient (Wildman–Crippen LogP) is -1.24. The lowest BCUT2D eigenvalue weighted by atomic mass is 10.1. The molecule has 0 aliphatic carbocycles. The maximum absolute atomic E-state index is 13.5. The van der Waals surface area contributed by atoms with Crippen molar-refractivity contribution < 1.29 is 38.4 Å². The molecule has 172 valence electrons. The molecule has 1 aliphatic rings. The molecule has 2 aromatic rings. The van der Waals surface area contributed by atoms with E-state index >= 15 is 0 Å². The van der Waals surface area contributed by atoms with Crippen LogP contribution in [0.15, 0.2) is 46.1 Å². The summed E-state index contributed by atoms with van der Waals surface area (Å²) in [7, 11) is 0. The topological polar surface area (TPSA) is 169 Å². The molecule has 0 spiro atoms. The predicted molar refractivity (Wildman–Crippen MR) is 103 cm³/mol. The number of nitrogens with one attached hydrogen (secondary N) is 2. The minimum Gasteiger partial charge on any atom is -0.461 e. The lowest BCUT2D eigenvalue weighted by Crippen LogP contribution is -2.39. The van der Waals surface area contributed by atoms with Gasteiger partial charge in [-0.3, -0.25) is 19.1 Å². The molecule has 2 unspecified atom stereocenters. The molecule has 1 aromatic heterocycles. The van der Waals surface area contributed by atoms with Crippen LogP contribution in [0.25, 0.3) is 0 Å². The Kier molecular flexibility index (Phi) is 7.35. The zero-order valence-electron chi connectivity index (χ0n) is 16.5. The number of hydrogen-bond acceptors (Lipinski definition) is 9. The molecule has 1 amide bonds. The van der Waals surface area contributed by atoms with E-state index in [2.05, 4.69) is 5.32 Å². The van der Waals surface area contributed by atoms with Crippen LogP contribution in [-0.2, 0) is 25.6 Å². The fourth-order valence-electron chi connectivity index (χ4n) is 2.89. The second-order valence-corrected chi connectivity index (χ2v) is 6.79. The second kappa shape index (κ2) is 10.2. The number of aromatic amines is 1. The molecule has 0 saturated carbocycles. The highest BCUT2D eigenvalue weighted by atomic mass is 19.1. The summed E-state index contributed by atoms with van der Waals surface area (Å²) in [6.45, 7) is -1.06. The average Bonchev–Trinajstić information content (AvgIpc) is 3.06. The first kappa shape index (κ1) is 23.1. The monoisotopic (exact) mass is 453 g/mol. The van der Waals surface area contributed by atoms with E-state index < -0.39 is 66.8 Å². The van der Waals surface area contributed by atoms with Crippen LogP contribution < -0.4 is 16.6 Å². The van der Waals surface area contributed by atoms with Crippen molar-refractivity contribution in [2.75, 3.05) is 13.2 Å². The SMILES string of the molecule is O=C(CNC(=O)OCc1ccccc1)OC[C@@H]1O[C@H](n2cc(F)c(=O)[nH]c2=O)C(O)C1O. The largest absolute Gasteiger partial charge is 0.461 e. The van der Waals surface area contributed by atoms with Crippen molar-refractivity contribution in [1.82, 2.24) is 14.9 Å². The first-order valence-corrected chi connectivity index (χ1v) is 9.39. The van der Waals surface area contributed by atoms with Crippen LogP contribution in [0.1, 0.15) is 11.8 Å². The molecule has 13 heteroatoms. The number of nitrogens with zero attached hydrogens (tertiary/aromatic N) is 1. The number of H-pyrrole nitrogens is 1. The Morgan fingerprint density at radius 3 is 2.59 bits per heavy atom. The third-order valence-corrected chi connectivity index (χ3v) is 4.53. The normalized spacial score (nSPS) is 22.3. The first-order valence-electron chi connectivity index (χ1n) is 9.39. The smallest absolute Gasteiger partial charge is 0.407 e. The van der Waals surface area contributed by atoms with Crippen LogP contribution in [0.4, 0.5) is 9.18 Å². The van der Waals surface area contributed by atoms with E-state index in [9.17, 15) is 33.8 Å². The summed E-state index contributed by atoms with van der Waals surface area (Å²) in [5, 5.41) is 22.4. The lowest BCUT2D eigenvalue weighted by molar-refractivity contribution is -0.149. The van der Waals surface area contributed by atoms with Crippen molar-refractivity contribution in [2.24, 2.45) is 0 Å². The number of carbonyl (C=O) groups excluding carboxylic acids is 2. The molecule has 4 N–H and O–H groups in total. The highest BCUT2D eigenvalue weighted by molar-refractivity contribution is 5.77. The zero-order valence-corrected chi connectivity index (χ0v) is 16.5. The van der Waals surface area contributed by atoms with Crippen molar-refractivity contribution in [3.63, 3.8) is 0 Å². The Bertz CT molecular complexity index is 1070. The third kappa shape index (κ3) is 5.57. The number of amides is 1. The molecular weight excluding hydrogens is 433 g/mol. The van der Waals surface area contributed by atoms with E-state index in [1.165, 1.54) is 0 Å². The van der Waals surface area contributed by atoms with Crippen LogP contribution in [0, 0.1) is 5.82 Å². The Balaban J connectivity index is 1.46. The van der Waals surface area contributed by atoms with Crippen molar-refractivity contribution in [3.05, 3.63) is 68.7 Å². The first-order chi connectivity index (χ1) is 15.3. The fraction of sp³-hybridized carbons (Fsp3) is 0.368. The minimum atomic E-state index is -1.67. The lowest BCUT2D eigenvalue weighted by Gasteiger charge is -2.16. The molecule has 32 heavy (non-hydrogen) atoms. The summed E-state index contributed by atoms with van der Waals surface area (Å²) < 4.78 is 29.2. The van der Waals surface area contributed by atoms with Crippen LogP contribution in [0.3, 0.4) is 0 Å². The Labute approximate surface area is 179 Å². The van der Waals surface area contributed by atoms with Gasteiger partial charge in [-0.2, -0.15) is 4.39 Å². The fourth-order valence-corrected chi connectivity index (χ4v) is 2.89. The van der Waals surface area contributed by atoms with E-state index in [4.69, 9.17) is 14.2 Å². The molecule has 1 saturated heterocycles. The summed E-state index contributed by atoms with van der Waals surface area (Å²) in [5.74, 6) is -2.18. The number of rotatable bonds is 7. The van der Waals surface area contributed by atoms with Gasteiger partial charge in [0.05, 0.1) is 6.20 Å². The van der Waals surface area contributed by atoms with Crippen molar-refractivity contribution >= 4 is 12.1 Å². The Morgan fingerprint density at radius 1 is 1.16 bits per heavy atom. The van der Waals surface area contributed by atoms with Gasteiger partial charge in [0.2, 0.25) is 5.82 Å². The summed E-state index contributed by atoms with van der Waals surface area (Å²) in [6, 6.07) is 8.87. The van der Waals surface area contributed by atoms with Gasteiger partial charge in [0.15, 0.2) is 6.23 Å². The number of carbonyl (C=O) groups is 2. The molecule has 3 rings (SSSR count). The summed E-state index contributed by atoms with van der Waals surface area (Å²) >= 11 is 0. The molecule has 0 radical (unpaired) electrons. The third-order valence-electron chi connectivity index (χ3n) is 4.53. The van der Waals surface area contributed by atoms with Crippen LogP contribution in [0.5, 0.6) is 0 Å². The number of aliphatic hydroxyl groups excluding tert-OH is 2. The molecular formula is C19H20FN3O9. The van der Waals surface area contributed by atoms with Gasteiger partial charge in [-0.1, -0.05) is 30.3 Å². The van der Waals surface area contributed by atoms with Gasteiger partial charge in [0, 0.05) is 0 Å². The summed E-state index contributed by atoms with van der Waals surface area (Å²) in [6.07, 6.45) is -6.37. The Morgan fingerprint density at radius 2 is 1.88 bits per heavy atom. The number of halogens is 1. The van der Waals surface area contributed by atoms with Crippen molar-refractivity contribution in [1.29, 1.82) is 0 Å². The average molecular weight is 453 g/mol. The van der Waals surface area contributed by atoms with Gasteiger partial charge in [-0.05, 0) is 5.56 Å². The Hall–Kier alpha value is -3.55. The number of aromatic nitrogens is 2. The van der Waals surface area contributed by atoms with Crippen LogP contribution >= 0.6 is 0 Å². The quantitative estimate of drug-likeness (QED) is 0.375. The summed E-state index contributed by atoms with van der Waals surface area (Å²) in [4.78, 5) is 48.1. The molecule has 4 atom stereocenters. The molecule has 1 fully saturated rings. The van der Waals surface area contributed by atoms with E-state index in [1.54, 1.807) is 29.2 Å². The number of ether oxygens (including phenoxy) is 3. The number of hydrogen-bond donors (Lipinski definition) is 4. The number of benzene rings is 1. The van der Waals surface area contributed by atoms with Gasteiger partial charge in [0.25, 0.3) is 5.56 Å². The number of alkyl carbamates (subject to hydrolysis) is 1. The molecule has 2 heterocycles. The second-order valence-electron chi connectivity index (χ2n) is 6.79. The van der Waals surface area contributed by atoms with Gasteiger partial charge in [-0.15, -0.1) is 0 Å². The molecule has 12 nitrogen and oxygen atoms in total. The highest BCUT2D eigenvalue weighted by Gasteiger charge is 2.44. The van der Waals surface area contributed by atoms with Crippen molar-refractivity contribution in [3.8, 4) is 0 Å². The maximum Gasteiger partial charge on any atom is 0.407 e. The van der Waals surface area contributed by atoms with E-state index in [0.717, 1.165) is 5.56 Å². The van der Waals surface area contributed by atoms with E-state index in [-0.39, 0.29) is 6.61 Å². The molecule has 0 bridgehead atoms. The minimum absolute atomic E-state index is 0.00776. The van der Waals surface area contributed by atoms with E-state index in [0.29, 0.717) is 10.8 Å². The number of esters is 1. The number of aliphatic hydroxyl groups is 2. The van der Waals surface area contributed by atoms with Gasteiger partial charge in [-0.25, -0.2) is 9.59 Å². The van der Waals surface area contributed by atoms with E-state index in [1.807, 2.05) is 6.07 Å². The van der Waals surface area contributed by atoms with Crippen LogP contribution in [-0.4, -0.2) is 63.3 Å². The van der Waals surface area contributed by atoms with Gasteiger partial charge >= 0.3 is 17.8 Å². The summed E-state index contributed by atoms with van der Waals surface area (Å²) in [5.41, 5.74) is -1.56. The molecule has 1 aromatic carbocycles. The van der Waals surface area contributed by atoms with Gasteiger partial charge in [0.1, 0.15) is 38.1 Å². The maximum atomic E-state index is 13.5. The highest BCUT2D eigenvalue weighted by Crippen LogP contribution is 2.28. The van der Waals surface area contributed by atoms with Gasteiger partial charge < -0.3 is 29.7 Å². The zero-order chi connectivity index (χ0) is 23.3. The standard InChI is InChI=1S/C19H20FN3O9/c20-11-7-23(18(28)22-16(11)27)17-15(26)14(25)12(32-17)9-30-13(24)6-21-19(29)31-8-10-4-2-1-3-5-10/h1-5,7,12,14-15,17,25-26H,6,8-9H2,(H,21,29)(H,22,27,28)/t12-,14?,15?,17-/m0/s1. The molecule has 1 aliphatic heterocycles. The van der Waals surface area contributed by atoms with Crippen molar-refractivity contribution in [2.45, 2.75) is 31.1 Å².